The molecule has 0 saturated heterocycles. The van der Waals surface area contributed by atoms with Gasteiger partial charge in [-0.05, 0) is 31.6 Å². The van der Waals surface area contributed by atoms with Gasteiger partial charge in [0.25, 0.3) is 0 Å². The molecule has 0 heterocycles. The quantitative estimate of drug-likeness (QED) is 0.669. The first-order valence-electron chi connectivity index (χ1n) is 5.39. The molecule has 0 radical (unpaired) electrons. The van der Waals surface area contributed by atoms with Crippen LogP contribution in [-0.4, -0.2) is 6.61 Å². The molecular weight excluding hydrogens is 196 g/mol. The second kappa shape index (κ2) is 6.67. The molecule has 0 aromatic heterocycles. The van der Waals surface area contributed by atoms with E-state index in [9.17, 15) is 0 Å². The molecule has 0 spiro atoms. The first-order valence-corrected chi connectivity index (χ1v) is 5.39. The Morgan fingerprint density at radius 3 is 2.50 bits per heavy atom. The van der Waals surface area contributed by atoms with Crippen molar-refractivity contribution in [3.05, 3.63) is 66.3 Å². The summed E-state index contributed by atoms with van der Waals surface area (Å²) in [7, 11) is 0. The second-order valence-corrected chi connectivity index (χ2v) is 3.65. The highest BCUT2D eigenvalue weighted by Crippen LogP contribution is 2.10. The molecule has 1 aromatic rings. The molecule has 0 saturated carbocycles. The number of allylic oxidation sites excluding steroid dienone is 3. The molecule has 0 atom stereocenters. The lowest BCUT2D eigenvalue weighted by atomic mass is 10.2. The van der Waals surface area contributed by atoms with Gasteiger partial charge in [-0.3, -0.25) is 0 Å². The Morgan fingerprint density at radius 1 is 1.25 bits per heavy atom. The number of ether oxygens (including phenoxy) is 1. The van der Waals surface area contributed by atoms with Crippen LogP contribution in [0.3, 0.4) is 0 Å². The van der Waals surface area contributed by atoms with E-state index in [0.29, 0.717) is 6.61 Å². The summed E-state index contributed by atoms with van der Waals surface area (Å²) in [6.07, 6.45) is 6.07. The number of hydrogen-bond acceptors (Lipinski definition) is 1. The average Bonchev–Trinajstić information content (AvgIpc) is 2.30. The molecule has 16 heavy (non-hydrogen) atoms. The largest absolute Gasteiger partial charge is 0.489 e. The van der Waals surface area contributed by atoms with Crippen molar-refractivity contribution in [3.8, 4) is 5.75 Å². The molecule has 0 unspecified atom stereocenters. The van der Waals surface area contributed by atoms with Gasteiger partial charge >= 0.3 is 0 Å². The van der Waals surface area contributed by atoms with E-state index in [1.165, 1.54) is 0 Å². The highest BCUT2D eigenvalue weighted by atomic mass is 16.5. The number of rotatable bonds is 5. The molecule has 0 aliphatic carbocycles. The van der Waals surface area contributed by atoms with Crippen LogP contribution in [0.25, 0.3) is 0 Å². The minimum absolute atomic E-state index is 0.588. The maximum Gasteiger partial charge on any atom is 0.119 e. The molecule has 0 aliphatic heterocycles. The Hall–Kier alpha value is -1.76. The zero-order chi connectivity index (χ0) is 11.8. The fourth-order valence-electron chi connectivity index (χ4n) is 1.16. The van der Waals surface area contributed by atoms with Gasteiger partial charge in [0, 0.05) is 0 Å². The molecule has 1 nitrogen and oxygen atoms in total. The molecule has 1 aromatic carbocycles. The summed E-state index contributed by atoms with van der Waals surface area (Å²) in [5, 5.41) is 0. The van der Waals surface area contributed by atoms with Crippen LogP contribution >= 0.6 is 0 Å². The molecule has 1 rings (SSSR count). The molecule has 84 valence electrons. The third-order valence-electron chi connectivity index (χ3n) is 2.10. The van der Waals surface area contributed by atoms with E-state index in [0.717, 1.165) is 16.9 Å². The lowest BCUT2D eigenvalue weighted by Gasteiger charge is -2.06. The number of para-hydroxylation sites is 1. The number of hydrogen-bond donors (Lipinski definition) is 0. The first-order chi connectivity index (χ1) is 7.72. The number of benzene rings is 1. The van der Waals surface area contributed by atoms with Gasteiger partial charge < -0.3 is 4.74 Å². The highest BCUT2D eigenvalue weighted by molar-refractivity contribution is 5.27. The minimum atomic E-state index is 0.588. The highest BCUT2D eigenvalue weighted by Gasteiger charge is 1.94. The van der Waals surface area contributed by atoms with Gasteiger partial charge in [-0.1, -0.05) is 48.6 Å². The van der Waals surface area contributed by atoms with Gasteiger partial charge in [-0.15, -0.1) is 0 Å². The van der Waals surface area contributed by atoms with Crippen LogP contribution in [0.1, 0.15) is 13.8 Å². The van der Waals surface area contributed by atoms with E-state index in [2.05, 4.69) is 6.58 Å². The lowest BCUT2D eigenvalue weighted by Crippen LogP contribution is -1.99. The summed E-state index contributed by atoms with van der Waals surface area (Å²) >= 11 is 0. The van der Waals surface area contributed by atoms with Crippen molar-refractivity contribution in [1.29, 1.82) is 0 Å². The van der Waals surface area contributed by atoms with Crippen molar-refractivity contribution in [2.75, 3.05) is 6.61 Å². The average molecular weight is 214 g/mol. The molecule has 1 heteroatoms. The van der Waals surface area contributed by atoms with E-state index in [4.69, 9.17) is 4.74 Å². The zero-order valence-corrected chi connectivity index (χ0v) is 9.94. The Kier molecular flexibility index (Phi) is 5.13. The van der Waals surface area contributed by atoms with Gasteiger partial charge in [-0.2, -0.15) is 0 Å². The van der Waals surface area contributed by atoms with Crippen molar-refractivity contribution in [3.63, 3.8) is 0 Å². The third-order valence-corrected chi connectivity index (χ3v) is 2.10. The van der Waals surface area contributed by atoms with Crippen molar-refractivity contribution in [2.45, 2.75) is 13.8 Å². The fourth-order valence-corrected chi connectivity index (χ4v) is 1.16. The zero-order valence-electron chi connectivity index (χ0n) is 9.94. The molecule has 0 N–H and O–H groups in total. The Bertz CT molecular complexity index is 385. The smallest absolute Gasteiger partial charge is 0.119 e. The van der Waals surface area contributed by atoms with Crippen LogP contribution in [0, 0.1) is 0 Å². The van der Waals surface area contributed by atoms with E-state index >= 15 is 0 Å². The van der Waals surface area contributed by atoms with E-state index in [1.807, 2.05) is 62.4 Å². The van der Waals surface area contributed by atoms with E-state index in [-0.39, 0.29) is 0 Å². The van der Waals surface area contributed by atoms with E-state index < -0.39 is 0 Å². The van der Waals surface area contributed by atoms with E-state index in [1.54, 1.807) is 0 Å². The summed E-state index contributed by atoms with van der Waals surface area (Å²) in [6.45, 7) is 8.39. The summed E-state index contributed by atoms with van der Waals surface area (Å²) in [6, 6.07) is 9.82. The SMILES string of the molecule is C=C(C)/C=C\C(=C/C)COc1ccccc1. The van der Waals surface area contributed by atoms with Crippen LogP contribution in [0.15, 0.2) is 66.3 Å². The molecular formula is C15H18O. The van der Waals surface area contributed by atoms with Crippen LogP contribution in [0.5, 0.6) is 5.75 Å². The normalized spacial score (nSPS) is 11.8. The maximum atomic E-state index is 5.64. The summed E-state index contributed by atoms with van der Waals surface area (Å²) in [5.41, 5.74) is 2.19. The fraction of sp³-hybridized carbons (Fsp3) is 0.200. The van der Waals surface area contributed by atoms with Gasteiger partial charge in [0.05, 0.1) is 0 Å². The standard InChI is InChI=1S/C15H18O/c1-4-14(11-10-13(2)3)12-16-15-8-6-5-7-9-15/h4-11H,2,12H2,1,3H3/b11-10-,14-4+. The van der Waals surface area contributed by atoms with Crippen molar-refractivity contribution in [1.82, 2.24) is 0 Å². The second-order valence-electron chi connectivity index (χ2n) is 3.65. The first kappa shape index (κ1) is 12.3. The molecule has 0 fully saturated rings. The summed E-state index contributed by atoms with van der Waals surface area (Å²) in [4.78, 5) is 0. The predicted octanol–water partition coefficient (Wildman–Crippen LogP) is 4.14. The van der Waals surface area contributed by atoms with Crippen molar-refractivity contribution < 1.29 is 4.74 Å². The van der Waals surface area contributed by atoms with Crippen LogP contribution in [0.2, 0.25) is 0 Å². The summed E-state index contributed by atoms with van der Waals surface area (Å²) in [5.74, 6) is 0.894. The van der Waals surface area contributed by atoms with Gasteiger partial charge in [0.1, 0.15) is 12.4 Å². The van der Waals surface area contributed by atoms with Gasteiger partial charge in [0.2, 0.25) is 0 Å². The monoisotopic (exact) mass is 214 g/mol. The predicted molar refractivity (Wildman–Crippen MR) is 69.6 cm³/mol. The lowest BCUT2D eigenvalue weighted by molar-refractivity contribution is 0.355. The third kappa shape index (κ3) is 4.65. The van der Waals surface area contributed by atoms with Crippen molar-refractivity contribution >= 4 is 0 Å². The Morgan fingerprint density at radius 2 is 1.94 bits per heavy atom. The van der Waals surface area contributed by atoms with Crippen LogP contribution in [0.4, 0.5) is 0 Å². The molecule has 0 bridgehead atoms. The van der Waals surface area contributed by atoms with Gasteiger partial charge in [0.15, 0.2) is 0 Å². The van der Waals surface area contributed by atoms with Crippen molar-refractivity contribution in [2.24, 2.45) is 0 Å². The van der Waals surface area contributed by atoms with Crippen LogP contribution in [-0.2, 0) is 0 Å². The summed E-state index contributed by atoms with van der Waals surface area (Å²) < 4.78 is 5.64. The minimum Gasteiger partial charge on any atom is -0.489 e. The Balaban J connectivity index is 2.50. The Labute approximate surface area is 97.8 Å². The van der Waals surface area contributed by atoms with Gasteiger partial charge in [-0.25, -0.2) is 0 Å². The topological polar surface area (TPSA) is 9.23 Å². The molecule has 0 amide bonds. The molecule has 0 aliphatic rings. The maximum absolute atomic E-state index is 5.64. The van der Waals surface area contributed by atoms with Crippen LogP contribution < -0.4 is 4.74 Å².